The molecule has 0 radical (unpaired) electrons. The van der Waals surface area contributed by atoms with Crippen LogP contribution in [0.3, 0.4) is 0 Å². The SMILES string of the molecule is CC1CCC(CNc2c(NN3CCOC[C@H]3c3ccccc3)nc(C(=N)NC=O)nc2-c2cccc(Cl)c2F)CC1. The van der Waals surface area contributed by atoms with Crippen molar-refractivity contribution in [1.29, 1.82) is 5.41 Å². The molecule has 4 N–H and O–H groups in total. The van der Waals surface area contributed by atoms with Gasteiger partial charge < -0.3 is 20.8 Å². The van der Waals surface area contributed by atoms with Crippen molar-refractivity contribution in [1.82, 2.24) is 20.3 Å². The van der Waals surface area contributed by atoms with Crippen LogP contribution in [0.1, 0.15) is 50.0 Å². The van der Waals surface area contributed by atoms with Crippen molar-refractivity contribution in [2.45, 2.75) is 38.6 Å². The Labute approximate surface area is 244 Å². The summed E-state index contributed by atoms with van der Waals surface area (Å²) < 4.78 is 21.3. The molecule has 2 aliphatic rings. The average molecular weight is 580 g/mol. The summed E-state index contributed by atoms with van der Waals surface area (Å²) in [7, 11) is 0. The van der Waals surface area contributed by atoms with Crippen LogP contribution in [0.2, 0.25) is 5.02 Å². The second-order valence-electron chi connectivity index (χ2n) is 10.7. The van der Waals surface area contributed by atoms with Crippen molar-refractivity contribution >= 4 is 35.4 Å². The molecule has 1 aliphatic carbocycles. The van der Waals surface area contributed by atoms with E-state index in [1.165, 1.54) is 18.9 Å². The van der Waals surface area contributed by atoms with E-state index in [0.29, 0.717) is 50.1 Å². The highest BCUT2D eigenvalue weighted by molar-refractivity contribution is 6.31. The number of ether oxygens (including phenoxy) is 1. The van der Waals surface area contributed by atoms with Gasteiger partial charge in [0.05, 0.1) is 24.3 Å². The van der Waals surface area contributed by atoms with Crippen LogP contribution in [0.15, 0.2) is 48.5 Å². The Hall–Kier alpha value is -3.60. The third kappa shape index (κ3) is 6.83. The number of carbonyl (C=O) groups excluding carboxylic acids is 1. The largest absolute Gasteiger partial charge is 0.380 e. The first-order chi connectivity index (χ1) is 19.9. The molecule has 0 unspecified atom stereocenters. The summed E-state index contributed by atoms with van der Waals surface area (Å²) >= 11 is 6.19. The highest BCUT2D eigenvalue weighted by atomic mass is 35.5. The van der Waals surface area contributed by atoms with E-state index in [1.807, 2.05) is 35.3 Å². The number of carbonyl (C=O) groups is 1. The maximum absolute atomic E-state index is 15.5. The van der Waals surface area contributed by atoms with Crippen LogP contribution < -0.4 is 16.1 Å². The van der Waals surface area contributed by atoms with E-state index in [0.717, 1.165) is 24.3 Å². The van der Waals surface area contributed by atoms with Crippen molar-refractivity contribution in [3.05, 3.63) is 70.8 Å². The van der Waals surface area contributed by atoms with Gasteiger partial charge in [-0.25, -0.2) is 19.4 Å². The molecule has 1 aliphatic heterocycles. The van der Waals surface area contributed by atoms with Crippen molar-refractivity contribution < 1.29 is 13.9 Å². The number of anilines is 2. The lowest BCUT2D eigenvalue weighted by molar-refractivity contribution is -0.108. The predicted octanol–water partition coefficient (Wildman–Crippen LogP) is 5.65. The number of rotatable bonds is 9. The Kier molecular flexibility index (Phi) is 9.43. The number of amides is 1. The molecule has 1 aromatic heterocycles. The van der Waals surface area contributed by atoms with E-state index in [-0.39, 0.29) is 34.0 Å². The lowest BCUT2D eigenvalue weighted by Crippen LogP contribution is -2.43. The molecule has 216 valence electrons. The summed E-state index contributed by atoms with van der Waals surface area (Å²) in [6.07, 6.45) is 4.93. The zero-order valence-corrected chi connectivity index (χ0v) is 23.8. The van der Waals surface area contributed by atoms with E-state index in [4.69, 9.17) is 21.7 Å². The molecule has 1 atom stereocenters. The van der Waals surface area contributed by atoms with Gasteiger partial charge in [-0.2, -0.15) is 0 Å². The molecule has 9 nitrogen and oxygen atoms in total. The van der Waals surface area contributed by atoms with Gasteiger partial charge in [0.25, 0.3) is 0 Å². The molecular weight excluding hydrogens is 545 g/mol. The molecule has 1 saturated carbocycles. The molecule has 1 amide bonds. The van der Waals surface area contributed by atoms with Gasteiger partial charge in [-0.05, 0) is 42.4 Å². The van der Waals surface area contributed by atoms with Gasteiger partial charge in [-0.3, -0.25) is 10.2 Å². The van der Waals surface area contributed by atoms with Crippen LogP contribution in [-0.4, -0.2) is 53.5 Å². The minimum absolute atomic E-state index is 0.0391. The monoisotopic (exact) mass is 579 g/mol. The second kappa shape index (κ2) is 13.4. The number of hydrogen-bond donors (Lipinski definition) is 4. The Morgan fingerprint density at radius 2 is 1.93 bits per heavy atom. The number of nitrogens with one attached hydrogen (secondary N) is 4. The molecular formula is C30H35ClFN7O2. The minimum Gasteiger partial charge on any atom is -0.380 e. The molecule has 0 bridgehead atoms. The van der Waals surface area contributed by atoms with Crippen LogP contribution >= 0.6 is 11.6 Å². The van der Waals surface area contributed by atoms with Gasteiger partial charge in [-0.15, -0.1) is 0 Å². The van der Waals surface area contributed by atoms with E-state index in [1.54, 1.807) is 12.1 Å². The number of hydrogen-bond acceptors (Lipinski definition) is 8. The first-order valence-electron chi connectivity index (χ1n) is 14.0. The smallest absolute Gasteiger partial charge is 0.212 e. The molecule has 5 rings (SSSR count). The fraction of sp³-hybridized carbons (Fsp3) is 0.400. The molecule has 41 heavy (non-hydrogen) atoms. The molecule has 2 aromatic carbocycles. The van der Waals surface area contributed by atoms with Crippen LogP contribution in [0.25, 0.3) is 11.3 Å². The molecule has 2 heterocycles. The van der Waals surface area contributed by atoms with Gasteiger partial charge in [0, 0.05) is 18.7 Å². The third-order valence-electron chi connectivity index (χ3n) is 7.81. The van der Waals surface area contributed by atoms with Gasteiger partial charge >= 0.3 is 0 Å². The molecule has 2 fully saturated rings. The van der Waals surface area contributed by atoms with Gasteiger partial charge in [0.15, 0.2) is 23.3 Å². The highest BCUT2D eigenvalue weighted by Crippen LogP contribution is 2.38. The zero-order valence-electron chi connectivity index (χ0n) is 23.0. The summed E-state index contributed by atoms with van der Waals surface area (Å²) in [4.78, 5) is 20.4. The Bertz CT molecular complexity index is 1370. The van der Waals surface area contributed by atoms with Crippen molar-refractivity contribution in [2.75, 3.05) is 37.0 Å². The second-order valence-corrected chi connectivity index (χ2v) is 11.1. The van der Waals surface area contributed by atoms with Crippen LogP contribution in [0.5, 0.6) is 0 Å². The lowest BCUT2D eigenvalue weighted by Gasteiger charge is -2.37. The number of amidine groups is 1. The van der Waals surface area contributed by atoms with Crippen molar-refractivity contribution in [3.63, 3.8) is 0 Å². The minimum atomic E-state index is -0.622. The van der Waals surface area contributed by atoms with E-state index in [2.05, 4.69) is 33.0 Å². The summed E-state index contributed by atoms with van der Waals surface area (Å²) in [6.45, 7) is 4.48. The molecule has 3 aromatic rings. The summed E-state index contributed by atoms with van der Waals surface area (Å²) in [6, 6.07) is 14.6. The highest BCUT2D eigenvalue weighted by Gasteiger charge is 2.29. The fourth-order valence-electron chi connectivity index (χ4n) is 5.43. The first-order valence-corrected chi connectivity index (χ1v) is 14.4. The predicted molar refractivity (Wildman–Crippen MR) is 158 cm³/mol. The lowest BCUT2D eigenvalue weighted by atomic mass is 9.83. The first kappa shape index (κ1) is 28.9. The topological polar surface area (TPSA) is 115 Å². The van der Waals surface area contributed by atoms with E-state index >= 15 is 4.39 Å². The summed E-state index contributed by atoms with van der Waals surface area (Å²) in [5.74, 6) is 0.550. The number of halogens is 2. The number of benzene rings is 2. The Morgan fingerprint density at radius 1 is 1.15 bits per heavy atom. The van der Waals surface area contributed by atoms with Crippen molar-refractivity contribution in [2.24, 2.45) is 11.8 Å². The van der Waals surface area contributed by atoms with Crippen LogP contribution in [-0.2, 0) is 9.53 Å². The number of aromatic nitrogens is 2. The molecule has 1 saturated heterocycles. The molecule has 11 heteroatoms. The average Bonchev–Trinajstić information content (AvgIpc) is 2.99. The van der Waals surface area contributed by atoms with Gasteiger partial charge in [0.1, 0.15) is 11.4 Å². The van der Waals surface area contributed by atoms with Crippen molar-refractivity contribution in [3.8, 4) is 11.3 Å². The van der Waals surface area contributed by atoms with Gasteiger partial charge in [-0.1, -0.05) is 67.8 Å². The third-order valence-corrected chi connectivity index (χ3v) is 8.10. The Balaban J connectivity index is 1.59. The molecule has 0 spiro atoms. The van der Waals surface area contributed by atoms with Crippen LogP contribution in [0.4, 0.5) is 15.9 Å². The fourth-order valence-corrected chi connectivity index (χ4v) is 5.61. The number of nitrogens with zero attached hydrogens (tertiary/aromatic N) is 3. The number of morpholine rings is 1. The van der Waals surface area contributed by atoms with E-state index in [9.17, 15) is 4.79 Å². The maximum atomic E-state index is 15.5. The summed E-state index contributed by atoms with van der Waals surface area (Å²) in [5, 5.41) is 16.2. The number of hydrazine groups is 1. The standard InChI is InChI=1S/C30H35ClFN7O2/c1-19-10-12-20(13-11-19)16-34-27-26(22-8-5-9-23(31)25(22)32)36-30(28(33)35-18-40)37-29(27)38-39-14-15-41-17-24(39)21-6-3-2-4-7-21/h2-9,18-20,24,34H,10-17H2,1H3,(H2,33,35,40)(H,36,37,38)/t19?,20?,24-/m0/s1. The van der Waals surface area contributed by atoms with Gasteiger partial charge in [0.2, 0.25) is 6.41 Å². The quantitative estimate of drug-likeness (QED) is 0.147. The normalized spacial score (nSPS) is 21.2. The Morgan fingerprint density at radius 3 is 2.68 bits per heavy atom. The maximum Gasteiger partial charge on any atom is 0.212 e. The van der Waals surface area contributed by atoms with E-state index < -0.39 is 5.82 Å². The van der Waals surface area contributed by atoms with Crippen LogP contribution in [0, 0.1) is 23.1 Å². The summed E-state index contributed by atoms with van der Waals surface area (Å²) in [5.41, 5.74) is 5.44. The zero-order chi connectivity index (χ0) is 28.8.